The number of benzene rings is 1. The maximum absolute atomic E-state index is 5.24. The summed E-state index contributed by atoms with van der Waals surface area (Å²) in [6.45, 7) is 1.04. The first-order valence-corrected chi connectivity index (χ1v) is 6.38. The molecule has 0 aliphatic rings. The van der Waals surface area contributed by atoms with E-state index in [1.54, 1.807) is 14.2 Å². The Balaban J connectivity index is 2.18. The lowest BCUT2D eigenvalue weighted by Gasteiger charge is -2.10. The minimum Gasteiger partial charge on any atom is -0.497 e. The van der Waals surface area contributed by atoms with Gasteiger partial charge in [0.2, 0.25) is 0 Å². The van der Waals surface area contributed by atoms with Gasteiger partial charge >= 0.3 is 0 Å². The summed E-state index contributed by atoms with van der Waals surface area (Å²) in [5, 5.41) is 6.44. The van der Waals surface area contributed by atoms with Crippen molar-refractivity contribution < 1.29 is 14.2 Å². The van der Waals surface area contributed by atoms with E-state index in [2.05, 4.69) is 22.5 Å². The van der Waals surface area contributed by atoms with Gasteiger partial charge in [-0.25, -0.2) is 0 Å². The summed E-state index contributed by atoms with van der Waals surface area (Å²) in [4.78, 5) is 0. The van der Waals surface area contributed by atoms with Gasteiger partial charge in [0.25, 0.3) is 0 Å². The largest absolute Gasteiger partial charge is 0.497 e. The Morgan fingerprint density at radius 2 is 1.85 bits per heavy atom. The number of anilines is 1. The van der Waals surface area contributed by atoms with Gasteiger partial charge in [-0.2, -0.15) is 0 Å². The summed E-state index contributed by atoms with van der Waals surface area (Å²) in [5.74, 6) is 6.39. The SMILES string of the molecule is COCC#CCOCNC(=S)Nc1ccc(OC)cc1. The standard InChI is InChI=1S/C14H18N2O3S/c1-17-9-3-4-10-19-11-15-14(20)16-12-5-7-13(18-2)8-6-12/h5-8H,9-11H2,1-2H3,(H2,15,16,20). The Morgan fingerprint density at radius 3 is 2.50 bits per heavy atom. The molecule has 1 aromatic carbocycles. The zero-order valence-corrected chi connectivity index (χ0v) is 12.4. The molecular weight excluding hydrogens is 276 g/mol. The molecule has 6 heteroatoms. The molecule has 1 rings (SSSR count). The van der Waals surface area contributed by atoms with Crippen LogP contribution in [0, 0.1) is 11.8 Å². The van der Waals surface area contributed by atoms with Crippen molar-refractivity contribution in [1.29, 1.82) is 0 Å². The molecule has 0 unspecified atom stereocenters. The fraction of sp³-hybridized carbons (Fsp3) is 0.357. The minimum atomic E-state index is 0.295. The highest BCUT2D eigenvalue weighted by Crippen LogP contribution is 2.14. The number of methoxy groups -OCH3 is 2. The van der Waals surface area contributed by atoms with E-state index in [1.807, 2.05) is 24.3 Å². The molecule has 0 radical (unpaired) electrons. The van der Waals surface area contributed by atoms with Crippen LogP contribution in [0.3, 0.4) is 0 Å². The van der Waals surface area contributed by atoms with Crippen LogP contribution in [-0.4, -0.2) is 39.3 Å². The number of rotatable bonds is 6. The smallest absolute Gasteiger partial charge is 0.172 e. The average molecular weight is 294 g/mol. The van der Waals surface area contributed by atoms with Crippen molar-refractivity contribution in [2.24, 2.45) is 0 Å². The third kappa shape index (κ3) is 6.95. The normalized spacial score (nSPS) is 9.30. The Bertz CT molecular complexity index is 466. The molecule has 5 nitrogen and oxygen atoms in total. The highest BCUT2D eigenvalue weighted by Gasteiger charge is 1.97. The van der Waals surface area contributed by atoms with E-state index in [9.17, 15) is 0 Å². The Kier molecular flexibility index (Phi) is 8.15. The summed E-state index contributed by atoms with van der Waals surface area (Å²) >= 11 is 5.13. The molecule has 0 bridgehead atoms. The number of ether oxygens (including phenoxy) is 3. The van der Waals surface area contributed by atoms with Crippen LogP contribution in [0.4, 0.5) is 5.69 Å². The van der Waals surface area contributed by atoms with Gasteiger partial charge in [0.15, 0.2) is 5.11 Å². The molecule has 2 N–H and O–H groups in total. The van der Waals surface area contributed by atoms with Crippen LogP contribution in [0.15, 0.2) is 24.3 Å². The molecule has 0 atom stereocenters. The zero-order chi connectivity index (χ0) is 14.6. The predicted octanol–water partition coefficient (Wildman–Crippen LogP) is 1.61. The first-order valence-electron chi connectivity index (χ1n) is 5.97. The molecule has 0 fully saturated rings. The van der Waals surface area contributed by atoms with Gasteiger partial charge in [-0.15, -0.1) is 0 Å². The van der Waals surface area contributed by atoms with Crippen molar-refractivity contribution in [3.05, 3.63) is 24.3 Å². The summed E-state index contributed by atoms with van der Waals surface area (Å²) in [6.07, 6.45) is 0. The van der Waals surface area contributed by atoms with Crippen molar-refractivity contribution in [2.75, 3.05) is 39.5 Å². The van der Waals surface area contributed by atoms with Crippen LogP contribution in [-0.2, 0) is 9.47 Å². The Morgan fingerprint density at radius 1 is 1.15 bits per heavy atom. The van der Waals surface area contributed by atoms with E-state index < -0.39 is 0 Å². The quantitative estimate of drug-likeness (QED) is 0.360. The Labute approximate surface area is 124 Å². The highest BCUT2D eigenvalue weighted by molar-refractivity contribution is 7.80. The number of hydrogen-bond acceptors (Lipinski definition) is 4. The predicted molar refractivity (Wildman–Crippen MR) is 82.8 cm³/mol. The fourth-order valence-corrected chi connectivity index (χ4v) is 1.42. The minimum absolute atomic E-state index is 0.295. The molecule has 0 heterocycles. The summed E-state index contributed by atoms with van der Waals surface area (Å²) in [7, 11) is 3.22. The molecule has 0 aliphatic heterocycles. The van der Waals surface area contributed by atoms with Crippen LogP contribution < -0.4 is 15.4 Å². The van der Waals surface area contributed by atoms with Gasteiger partial charge < -0.3 is 24.8 Å². The molecule has 0 saturated heterocycles. The van der Waals surface area contributed by atoms with E-state index >= 15 is 0 Å². The topological polar surface area (TPSA) is 51.8 Å². The molecule has 0 aromatic heterocycles. The van der Waals surface area contributed by atoms with Crippen LogP contribution in [0.2, 0.25) is 0 Å². The van der Waals surface area contributed by atoms with Gasteiger partial charge in [0, 0.05) is 12.8 Å². The number of hydrogen-bond donors (Lipinski definition) is 2. The molecule has 0 aliphatic carbocycles. The van der Waals surface area contributed by atoms with Crippen molar-refractivity contribution in [2.45, 2.75) is 0 Å². The van der Waals surface area contributed by atoms with E-state index in [4.69, 9.17) is 26.4 Å². The lowest BCUT2D eigenvalue weighted by atomic mass is 10.3. The first-order chi connectivity index (χ1) is 9.76. The number of thiocarbonyl (C=S) groups is 1. The van der Waals surface area contributed by atoms with E-state index in [0.717, 1.165) is 11.4 Å². The van der Waals surface area contributed by atoms with Gasteiger partial charge in [-0.05, 0) is 36.5 Å². The van der Waals surface area contributed by atoms with Crippen LogP contribution in [0.1, 0.15) is 0 Å². The maximum Gasteiger partial charge on any atom is 0.172 e. The second-order valence-corrected chi connectivity index (χ2v) is 4.05. The molecule has 0 saturated carbocycles. The lowest BCUT2D eigenvalue weighted by molar-refractivity contribution is 0.161. The van der Waals surface area contributed by atoms with Crippen molar-refractivity contribution in [3.8, 4) is 17.6 Å². The molecular formula is C14H18N2O3S. The second kappa shape index (κ2) is 10.0. The van der Waals surface area contributed by atoms with Gasteiger partial charge in [0.1, 0.15) is 25.7 Å². The molecule has 1 aromatic rings. The summed E-state index contributed by atoms with van der Waals surface area (Å²) in [6, 6.07) is 7.47. The first kappa shape index (κ1) is 16.2. The summed E-state index contributed by atoms with van der Waals surface area (Å²) in [5.41, 5.74) is 0.878. The monoisotopic (exact) mass is 294 g/mol. The second-order valence-electron chi connectivity index (χ2n) is 3.64. The van der Waals surface area contributed by atoms with E-state index in [-0.39, 0.29) is 0 Å². The third-order valence-electron chi connectivity index (χ3n) is 2.20. The van der Waals surface area contributed by atoms with Crippen LogP contribution >= 0.6 is 12.2 Å². The average Bonchev–Trinajstić information content (AvgIpc) is 2.47. The molecule has 0 amide bonds. The highest BCUT2D eigenvalue weighted by atomic mass is 32.1. The molecule has 108 valence electrons. The maximum atomic E-state index is 5.24. The molecule has 20 heavy (non-hydrogen) atoms. The fourth-order valence-electron chi connectivity index (χ4n) is 1.24. The van der Waals surface area contributed by atoms with Gasteiger partial charge in [-0.1, -0.05) is 11.8 Å². The van der Waals surface area contributed by atoms with Crippen molar-refractivity contribution in [1.82, 2.24) is 5.32 Å². The summed E-state index contributed by atoms with van der Waals surface area (Å²) < 4.78 is 15.1. The Hall–Kier alpha value is -1.81. The van der Waals surface area contributed by atoms with Crippen LogP contribution in [0.25, 0.3) is 0 Å². The number of nitrogens with one attached hydrogen (secondary N) is 2. The lowest BCUT2D eigenvalue weighted by Crippen LogP contribution is -2.30. The van der Waals surface area contributed by atoms with Gasteiger partial charge in [-0.3, -0.25) is 0 Å². The van der Waals surface area contributed by atoms with Crippen molar-refractivity contribution in [3.63, 3.8) is 0 Å². The zero-order valence-electron chi connectivity index (χ0n) is 11.6. The van der Waals surface area contributed by atoms with E-state index in [1.165, 1.54) is 0 Å². The van der Waals surface area contributed by atoms with E-state index in [0.29, 0.717) is 25.1 Å². The van der Waals surface area contributed by atoms with Crippen molar-refractivity contribution >= 4 is 23.0 Å². The van der Waals surface area contributed by atoms with Gasteiger partial charge in [0.05, 0.1) is 7.11 Å². The third-order valence-corrected chi connectivity index (χ3v) is 2.44. The van der Waals surface area contributed by atoms with Crippen LogP contribution in [0.5, 0.6) is 5.75 Å². The molecule has 0 spiro atoms.